The zero-order chi connectivity index (χ0) is 17.5. The minimum Gasteiger partial charge on any atom is -0.396 e. The van der Waals surface area contributed by atoms with Crippen LogP contribution in [0.25, 0.3) is 11.1 Å². The molecule has 24 heavy (non-hydrogen) atoms. The van der Waals surface area contributed by atoms with Crippen LogP contribution >= 0.6 is 0 Å². The lowest BCUT2D eigenvalue weighted by atomic mass is 9.93. The smallest absolute Gasteiger partial charge is 0.131 e. The lowest BCUT2D eigenvalue weighted by Crippen LogP contribution is -2.11. The topological polar surface area (TPSA) is 40.5 Å². The van der Waals surface area contributed by atoms with Crippen LogP contribution in [0.3, 0.4) is 0 Å². The summed E-state index contributed by atoms with van der Waals surface area (Å²) in [4.78, 5) is 0. The highest BCUT2D eigenvalue weighted by Gasteiger charge is 2.11. The fourth-order valence-electron chi connectivity index (χ4n) is 3.03. The second-order valence-corrected chi connectivity index (χ2v) is 6.45. The van der Waals surface area contributed by atoms with Crippen molar-refractivity contribution in [2.24, 2.45) is 5.92 Å². The number of aliphatic hydroxyl groups is 2. The van der Waals surface area contributed by atoms with Crippen molar-refractivity contribution < 1.29 is 14.6 Å². The molecule has 0 fully saturated rings. The van der Waals surface area contributed by atoms with Gasteiger partial charge >= 0.3 is 0 Å². The van der Waals surface area contributed by atoms with E-state index in [2.05, 4.69) is 19.1 Å². The lowest BCUT2D eigenvalue weighted by Gasteiger charge is -2.13. The Labute approximate surface area is 144 Å². The SMILES string of the molecule is CCc1cc(CCCC(CO)CO)ccc1-c1ccc(C)cc1F. The van der Waals surface area contributed by atoms with Crippen molar-refractivity contribution in [2.75, 3.05) is 13.2 Å². The summed E-state index contributed by atoms with van der Waals surface area (Å²) in [5, 5.41) is 18.2. The van der Waals surface area contributed by atoms with Gasteiger partial charge in [-0.05, 0) is 60.9 Å². The summed E-state index contributed by atoms with van der Waals surface area (Å²) in [5.41, 5.74) is 4.91. The Hall–Kier alpha value is -1.71. The van der Waals surface area contributed by atoms with E-state index in [1.54, 1.807) is 6.07 Å². The molecular weight excluding hydrogens is 303 g/mol. The highest BCUT2D eigenvalue weighted by molar-refractivity contribution is 5.68. The largest absolute Gasteiger partial charge is 0.396 e. The van der Waals surface area contributed by atoms with E-state index in [0.717, 1.165) is 42.4 Å². The number of hydrogen-bond acceptors (Lipinski definition) is 2. The maximum Gasteiger partial charge on any atom is 0.131 e. The minimum atomic E-state index is -0.175. The third-order valence-electron chi connectivity index (χ3n) is 4.56. The zero-order valence-electron chi connectivity index (χ0n) is 14.6. The normalized spacial score (nSPS) is 11.2. The fraction of sp³-hybridized carbons (Fsp3) is 0.429. The summed E-state index contributed by atoms with van der Waals surface area (Å²) < 4.78 is 14.3. The van der Waals surface area contributed by atoms with Crippen LogP contribution in [0.4, 0.5) is 4.39 Å². The Kier molecular flexibility index (Phi) is 6.95. The Morgan fingerprint density at radius 3 is 2.33 bits per heavy atom. The molecule has 0 spiro atoms. The van der Waals surface area contributed by atoms with Crippen molar-refractivity contribution in [3.63, 3.8) is 0 Å². The molecule has 0 bridgehead atoms. The van der Waals surface area contributed by atoms with Crippen LogP contribution in [0, 0.1) is 18.7 Å². The summed E-state index contributed by atoms with van der Waals surface area (Å²) in [7, 11) is 0. The van der Waals surface area contributed by atoms with Gasteiger partial charge in [0.25, 0.3) is 0 Å². The van der Waals surface area contributed by atoms with Crippen LogP contribution in [-0.4, -0.2) is 23.4 Å². The van der Waals surface area contributed by atoms with Crippen LogP contribution in [-0.2, 0) is 12.8 Å². The summed E-state index contributed by atoms with van der Waals surface area (Å²) in [6.45, 7) is 4.04. The molecule has 2 aromatic rings. The maximum absolute atomic E-state index is 14.3. The molecular formula is C21H27FO2. The Morgan fingerprint density at radius 1 is 1.00 bits per heavy atom. The number of hydrogen-bond donors (Lipinski definition) is 2. The summed E-state index contributed by atoms with van der Waals surface area (Å²) >= 11 is 0. The highest BCUT2D eigenvalue weighted by atomic mass is 19.1. The monoisotopic (exact) mass is 330 g/mol. The van der Waals surface area contributed by atoms with Crippen molar-refractivity contribution in [3.8, 4) is 11.1 Å². The molecule has 130 valence electrons. The second-order valence-electron chi connectivity index (χ2n) is 6.45. The van der Waals surface area contributed by atoms with Gasteiger partial charge in [-0.25, -0.2) is 4.39 Å². The molecule has 0 atom stereocenters. The van der Waals surface area contributed by atoms with E-state index in [4.69, 9.17) is 10.2 Å². The molecule has 0 aliphatic carbocycles. The molecule has 0 aliphatic rings. The number of aliphatic hydroxyl groups excluding tert-OH is 2. The van der Waals surface area contributed by atoms with E-state index in [0.29, 0.717) is 5.56 Å². The van der Waals surface area contributed by atoms with Crippen molar-refractivity contribution in [1.29, 1.82) is 0 Å². The molecule has 2 nitrogen and oxygen atoms in total. The molecule has 2 N–H and O–H groups in total. The van der Waals surface area contributed by atoms with Gasteiger partial charge in [0, 0.05) is 24.7 Å². The highest BCUT2D eigenvalue weighted by Crippen LogP contribution is 2.29. The first-order chi connectivity index (χ1) is 11.6. The van der Waals surface area contributed by atoms with E-state index in [9.17, 15) is 4.39 Å². The summed E-state index contributed by atoms with van der Waals surface area (Å²) in [6, 6.07) is 11.6. The molecule has 0 saturated heterocycles. The maximum atomic E-state index is 14.3. The third kappa shape index (κ3) is 4.65. The molecule has 2 aromatic carbocycles. The van der Waals surface area contributed by atoms with Gasteiger partial charge in [-0.1, -0.05) is 37.3 Å². The van der Waals surface area contributed by atoms with Crippen LogP contribution in [0.2, 0.25) is 0 Å². The van der Waals surface area contributed by atoms with Gasteiger partial charge in [0.1, 0.15) is 5.82 Å². The summed E-state index contributed by atoms with van der Waals surface area (Å²) in [6.07, 6.45) is 3.49. The first kappa shape index (κ1) is 18.6. The van der Waals surface area contributed by atoms with Crippen molar-refractivity contribution in [3.05, 3.63) is 58.9 Å². The van der Waals surface area contributed by atoms with Crippen molar-refractivity contribution >= 4 is 0 Å². The molecule has 3 heteroatoms. The first-order valence-electron chi connectivity index (χ1n) is 8.69. The van der Waals surface area contributed by atoms with Gasteiger partial charge in [-0.15, -0.1) is 0 Å². The molecule has 0 amide bonds. The van der Waals surface area contributed by atoms with Gasteiger partial charge < -0.3 is 10.2 Å². The lowest BCUT2D eigenvalue weighted by molar-refractivity contribution is 0.142. The number of aryl methyl sites for hydroxylation is 3. The Balaban J connectivity index is 2.15. The quantitative estimate of drug-likeness (QED) is 0.758. The third-order valence-corrected chi connectivity index (χ3v) is 4.56. The zero-order valence-corrected chi connectivity index (χ0v) is 14.6. The van der Waals surface area contributed by atoms with Crippen molar-refractivity contribution in [1.82, 2.24) is 0 Å². The van der Waals surface area contributed by atoms with Gasteiger partial charge in [-0.3, -0.25) is 0 Å². The average Bonchev–Trinajstić information content (AvgIpc) is 2.59. The first-order valence-corrected chi connectivity index (χ1v) is 8.69. The fourth-order valence-corrected chi connectivity index (χ4v) is 3.03. The summed E-state index contributed by atoms with van der Waals surface area (Å²) in [5.74, 6) is -0.206. The Bertz CT molecular complexity index is 663. The van der Waals surface area contributed by atoms with Crippen LogP contribution in [0.15, 0.2) is 36.4 Å². The van der Waals surface area contributed by atoms with Gasteiger partial charge in [0.15, 0.2) is 0 Å². The van der Waals surface area contributed by atoms with E-state index in [1.165, 1.54) is 5.56 Å². The average molecular weight is 330 g/mol. The Morgan fingerprint density at radius 2 is 1.71 bits per heavy atom. The molecule has 0 unspecified atom stereocenters. The van der Waals surface area contributed by atoms with Gasteiger partial charge in [0.2, 0.25) is 0 Å². The number of halogens is 1. The van der Waals surface area contributed by atoms with E-state index >= 15 is 0 Å². The predicted molar refractivity (Wildman–Crippen MR) is 96.6 cm³/mol. The molecule has 2 rings (SSSR count). The second kappa shape index (κ2) is 8.95. The van der Waals surface area contributed by atoms with Crippen LogP contribution in [0.5, 0.6) is 0 Å². The molecule has 0 heterocycles. The van der Waals surface area contributed by atoms with Gasteiger partial charge in [-0.2, -0.15) is 0 Å². The number of rotatable bonds is 8. The van der Waals surface area contributed by atoms with Gasteiger partial charge in [0.05, 0.1) is 0 Å². The molecule has 0 radical (unpaired) electrons. The minimum absolute atomic E-state index is 0.0301. The standard InChI is InChI=1S/C21H27FO2/c1-3-18-12-16(5-4-6-17(13-23)14-24)8-10-19(18)20-9-7-15(2)11-21(20)22/h7-12,17,23-24H,3-6,13-14H2,1-2H3. The van der Waals surface area contributed by atoms with Crippen molar-refractivity contribution in [2.45, 2.75) is 39.5 Å². The van der Waals surface area contributed by atoms with E-state index in [-0.39, 0.29) is 24.9 Å². The molecule has 0 saturated carbocycles. The molecule has 0 aromatic heterocycles. The predicted octanol–water partition coefficient (Wildman–Crippen LogP) is 4.29. The van der Waals surface area contributed by atoms with Crippen LogP contribution < -0.4 is 0 Å². The van der Waals surface area contributed by atoms with E-state index < -0.39 is 0 Å². The molecule has 0 aliphatic heterocycles. The van der Waals surface area contributed by atoms with Crippen LogP contribution in [0.1, 0.15) is 36.5 Å². The van der Waals surface area contributed by atoms with E-state index in [1.807, 2.05) is 25.1 Å². The number of benzene rings is 2.